The number of rotatable bonds is 3. The molecule has 29 heavy (non-hydrogen) atoms. The molecule has 1 aliphatic carbocycles. The number of nitrogens with zero attached hydrogens (tertiary/aromatic N) is 3. The number of carbonyl (C=O) groups excluding carboxylic acids is 1. The minimum absolute atomic E-state index is 0.123. The van der Waals surface area contributed by atoms with Crippen molar-refractivity contribution in [1.29, 1.82) is 0 Å². The average Bonchev–Trinajstić information content (AvgIpc) is 2.89. The first-order chi connectivity index (χ1) is 14.1. The maximum Gasteiger partial charge on any atom is 0.273 e. The number of amides is 1. The summed E-state index contributed by atoms with van der Waals surface area (Å²) in [6.45, 7) is 2.45. The smallest absolute Gasteiger partial charge is 0.273 e. The van der Waals surface area contributed by atoms with Gasteiger partial charge in [-0.3, -0.25) is 14.7 Å². The summed E-state index contributed by atoms with van der Waals surface area (Å²) in [5.74, 6) is 0.123. The van der Waals surface area contributed by atoms with Crippen LogP contribution in [0.4, 0.5) is 0 Å². The molecule has 2 aliphatic heterocycles. The topological polar surface area (TPSA) is 36.4 Å². The highest BCUT2D eigenvalue weighted by Crippen LogP contribution is 2.55. The lowest BCUT2D eigenvalue weighted by atomic mass is 9.69. The second-order valence-electron chi connectivity index (χ2n) is 9.44. The summed E-state index contributed by atoms with van der Waals surface area (Å²) in [7, 11) is 2.31. The molecule has 152 valence electrons. The molecule has 0 radical (unpaired) electrons. The van der Waals surface area contributed by atoms with Gasteiger partial charge in [-0.15, -0.1) is 0 Å². The lowest BCUT2D eigenvalue weighted by Gasteiger charge is -2.49. The van der Waals surface area contributed by atoms with Gasteiger partial charge in [0.05, 0.1) is 0 Å². The summed E-state index contributed by atoms with van der Waals surface area (Å²) in [6, 6.07) is 17.9. The van der Waals surface area contributed by atoms with Crippen LogP contribution in [0.2, 0.25) is 0 Å². The normalized spacial score (nSPS) is 34.1. The number of benzene rings is 1. The summed E-state index contributed by atoms with van der Waals surface area (Å²) in [6.07, 6.45) is 8.68. The van der Waals surface area contributed by atoms with E-state index in [0.717, 1.165) is 19.3 Å². The third kappa shape index (κ3) is 3.00. The summed E-state index contributed by atoms with van der Waals surface area (Å²) in [5, 5.41) is 0. The van der Waals surface area contributed by atoms with Gasteiger partial charge in [-0.05, 0) is 50.4 Å². The van der Waals surface area contributed by atoms with E-state index < -0.39 is 0 Å². The summed E-state index contributed by atoms with van der Waals surface area (Å²) in [4.78, 5) is 23.0. The standard InChI is InChI=1S/C25H31N3O/c1-25-17-21-20(16-18-10-4-3-5-11-18)27(2)22(25)13-6-7-14-23(25)28(21)24(29)19-12-8-9-15-26-19/h3-5,8-12,15,20-23H,6-7,13-14,16-17H2,1-2H3/t20-,21-,22+,23-,25+/m0/s1. The third-order valence-corrected chi connectivity index (χ3v) is 7.93. The van der Waals surface area contributed by atoms with E-state index in [4.69, 9.17) is 0 Å². The van der Waals surface area contributed by atoms with Crippen molar-refractivity contribution in [2.24, 2.45) is 5.41 Å². The van der Waals surface area contributed by atoms with E-state index in [9.17, 15) is 4.79 Å². The minimum atomic E-state index is 0.123. The maximum atomic E-state index is 13.7. The van der Waals surface area contributed by atoms with Crippen molar-refractivity contribution in [3.05, 3.63) is 66.0 Å². The van der Waals surface area contributed by atoms with E-state index in [1.165, 1.54) is 24.8 Å². The van der Waals surface area contributed by atoms with Crippen molar-refractivity contribution in [3.8, 4) is 0 Å². The largest absolute Gasteiger partial charge is 0.329 e. The number of likely N-dealkylation sites (N-methyl/N-ethyl adjacent to an activating group) is 1. The van der Waals surface area contributed by atoms with Gasteiger partial charge in [-0.2, -0.15) is 0 Å². The Hall–Kier alpha value is -2.20. The number of carbonyl (C=O) groups is 1. The molecule has 3 aliphatic rings. The lowest BCUT2D eigenvalue weighted by Crippen LogP contribution is -2.58. The molecule has 0 spiro atoms. The van der Waals surface area contributed by atoms with Gasteiger partial charge in [0, 0.05) is 35.8 Å². The van der Waals surface area contributed by atoms with E-state index in [1.54, 1.807) is 6.20 Å². The van der Waals surface area contributed by atoms with Crippen LogP contribution in [-0.4, -0.2) is 51.9 Å². The van der Waals surface area contributed by atoms with Crippen molar-refractivity contribution < 1.29 is 4.79 Å². The Morgan fingerprint density at radius 1 is 1.07 bits per heavy atom. The average molecular weight is 390 g/mol. The lowest BCUT2D eigenvalue weighted by molar-refractivity contribution is 0.0155. The Morgan fingerprint density at radius 2 is 1.79 bits per heavy atom. The molecule has 4 nitrogen and oxygen atoms in total. The molecule has 1 saturated carbocycles. The highest BCUT2D eigenvalue weighted by molar-refractivity contribution is 5.93. The van der Waals surface area contributed by atoms with Gasteiger partial charge in [0.15, 0.2) is 0 Å². The Bertz CT molecular complexity index is 870. The monoisotopic (exact) mass is 389 g/mol. The molecule has 5 rings (SSSR count). The molecule has 1 aromatic heterocycles. The van der Waals surface area contributed by atoms with E-state index in [2.05, 4.69) is 59.1 Å². The van der Waals surface area contributed by atoms with Gasteiger partial charge in [0.25, 0.3) is 5.91 Å². The van der Waals surface area contributed by atoms with Crippen LogP contribution >= 0.6 is 0 Å². The summed E-state index contributed by atoms with van der Waals surface area (Å²) >= 11 is 0. The van der Waals surface area contributed by atoms with Crippen LogP contribution in [0, 0.1) is 5.41 Å². The fourth-order valence-corrected chi connectivity index (χ4v) is 6.61. The molecule has 3 heterocycles. The third-order valence-electron chi connectivity index (χ3n) is 7.93. The van der Waals surface area contributed by atoms with E-state index >= 15 is 0 Å². The van der Waals surface area contributed by atoms with Gasteiger partial charge in [-0.1, -0.05) is 56.2 Å². The van der Waals surface area contributed by atoms with Gasteiger partial charge >= 0.3 is 0 Å². The maximum absolute atomic E-state index is 13.7. The molecule has 1 aromatic carbocycles. The second-order valence-corrected chi connectivity index (χ2v) is 9.44. The van der Waals surface area contributed by atoms with Crippen LogP contribution in [0.5, 0.6) is 0 Å². The SMILES string of the molecule is CN1[C@@H](Cc2ccccc2)[C@@H]2C[C@@]3(C)[C@H](CCCC[C@@H]13)N2C(=O)c1ccccn1. The Kier molecular flexibility index (Phi) is 4.70. The fraction of sp³-hybridized carbons (Fsp3) is 0.520. The molecule has 0 N–H and O–H groups in total. The van der Waals surface area contributed by atoms with Crippen LogP contribution in [-0.2, 0) is 6.42 Å². The fourth-order valence-electron chi connectivity index (χ4n) is 6.61. The van der Waals surface area contributed by atoms with Crippen molar-refractivity contribution in [2.75, 3.05) is 7.05 Å². The zero-order valence-corrected chi connectivity index (χ0v) is 17.5. The highest BCUT2D eigenvalue weighted by atomic mass is 16.2. The molecule has 2 saturated heterocycles. The first kappa shape index (κ1) is 18.8. The van der Waals surface area contributed by atoms with Gasteiger partial charge in [-0.25, -0.2) is 0 Å². The van der Waals surface area contributed by atoms with Crippen LogP contribution in [0.25, 0.3) is 0 Å². The number of hydrogen-bond donors (Lipinski definition) is 0. The van der Waals surface area contributed by atoms with Crippen LogP contribution in [0.3, 0.4) is 0 Å². The molecular formula is C25H31N3O. The number of hydrogen-bond acceptors (Lipinski definition) is 3. The van der Waals surface area contributed by atoms with Crippen LogP contribution in [0.1, 0.15) is 55.1 Å². The predicted molar refractivity (Wildman–Crippen MR) is 115 cm³/mol. The molecule has 5 atom stereocenters. The van der Waals surface area contributed by atoms with Crippen molar-refractivity contribution in [1.82, 2.24) is 14.8 Å². The summed E-state index contributed by atoms with van der Waals surface area (Å²) < 4.78 is 0. The molecule has 2 aromatic rings. The van der Waals surface area contributed by atoms with Crippen molar-refractivity contribution in [3.63, 3.8) is 0 Å². The zero-order chi connectivity index (χ0) is 20.0. The Morgan fingerprint density at radius 3 is 2.52 bits per heavy atom. The molecule has 2 bridgehead atoms. The van der Waals surface area contributed by atoms with E-state index in [1.807, 2.05) is 18.2 Å². The van der Waals surface area contributed by atoms with Gasteiger partial charge in [0.2, 0.25) is 0 Å². The first-order valence-electron chi connectivity index (χ1n) is 11.1. The molecule has 4 heteroatoms. The molecule has 3 fully saturated rings. The van der Waals surface area contributed by atoms with Crippen LogP contribution in [0.15, 0.2) is 54.7 Å². The zero-order valence-electron chi connectivity index (χ0n) is 17.5. The quantitative estimate of drug-likeness (QED) is 0.790. The number of aromatic nitrogens is 1. The number of fused-ring (bicyclic) bond motifs is 1. The first-order valence-corrected chi connectivity index (χ1v) is 11.1. The number of likely N-dealkylation sites (tertiary alicyclic amines) is 2. The Labute approximate surface area is 173 Å². The molecule has 0 unspecified atom stereocenters. The molecular weight excluding hydrogens is 358 g/mol. The van der Waals surface area contributed by atoms with Crippen molar-refractivity contribution >= 4 is 5.91 Å². The van der Waals surface area contributed by atoms with Gasteiger partial charge < -0.3 is 4.90 Å². The van der Waals surface area contributed by atoms with E-state index in [-0.39, 0.29) is 17.4 Å². The number of piperidine rings is 1. The molecule has 1 amide bonds. The highest BCUT2D eigenvalue weighted by Gasteiger charge is 2.62. The van der Waals surface area contributed by atoms with E-state index in [0.29, 0.717) is 23.8 Å². The second kappa shape index (κ2) is 7.24. The number of pyridine rings is 1. The minimum Gasteiger partial charge on any atom is -0.329 e. The predicted octanol–water partition coefficient (Wildman–Crippen LogP) is 4.17. The van der Waals surface area contributed by atoms with Crippen molar-refractivity contribution in [2.45, 2.75) is 69.6 Å². The Balaban J connectivity index is 1.56. The van der Waals surface area contributed by atoms with Crippen LogP contribution < -0.4 is 0 Å². The van der Waals surface area contributed by atoms with Gasteiger partial charge in [0.1, 0.15) is 5.69 Å². The summed E-state index contributed by atoms with van der Waals surface area (Å²) in [5.41, 5.74) is 2.12.